The van der Waals surface area contributed by atoms with Gasteiger partial charge in [-0.15, -0.1) is 0 Å². The summed E-state index contributed by atoms with van der Waals surface area (Å²) in [5.41, 5.74) is 3.46. The van der Waals surface area contributed by atoms with E-state index in [0.29, 0.717) is 58.9 Å². The van der Waals surface area contributed by atoms with Crippen molar-refractivity contribution in [2.24, 2.45) is 0 Å². The summed E-state index contributed by atoms with van der Waals surface area (Å²) in [7, 11) is 5.44. The average Bonchev–Trinajstić information content (AvgIpc) is 3.34. The molecule has 0 saturated carbocycles. The Morgan fingerprint density at radius 2 is 1.97 bits per heavy atom. The van der Waals surface area contributed by atoms with E-state index in [4.69, 9.17) is 14.0 Å². The van der Waals surface area contributed by atoms with Crippen LogP contribution in [0.5, 0.6) is 11.5 Å². The number of pyridine rings is 1. The zero-order valence-electron chi connectivity index (χ0n) is 21.0. The Morgan fingerprint density at radius 3 is 2.62 bits per heavy atom. The van der Waals surface area contributed by atoms with Gasteiger partial charge in [-0.3, -0.25) is 9.78 Å². The molecule has 0 aliphatic rings. The number of benzene rings is 2. The zero-order valence-corrected chi connectivity index (χ0v) is 21.0. The molecule has 0 saturated heterocycles. The minimum Gasteiger partial charge on any atom is -0.496 e. The molecule has 4 aromatic rings. The Morgan fingerprint density at radius 1 is 1.14 bits per heavy atom. The topological polar surface area (TPSA) is 126 Å². The van der Waals surface area contributed by atoms with Gasteiger partial charge < -0.3 is 24.2 Å². The largest absolute Gasteiger partial charge is 0.496 e. The Bertz CT molecular complexity index is 1440. The van der Waals surface area contributed by atoms with Crippen molar-refractivity contribution in [1.29, 1.82) is 5.26 Å². The third kappa shape index (κ3) is 6.09. The lowest BCUT2D eigenvalue weighted by atomic mass is 10.1. The first-order valence-electron chi connectivity index (χ1n) is 11.5. The molecule has 0 unspecified atom stereocenters. The lowest BCUT2D eigenvalue weighted by Gasteiger charge is -2.13. The molecule has 1 N–H and O–H groups in total. The quantitative estimate of drug-likeness (QED) is 0.361. The number of carbonyl (C=O) groups excluding carboxylic acids is 1. The highest BCUT2D eigenvalue weighted by Gasteiger charge is 2.14. The van der Waals surface area contributed by atoms with Crippen LogP contribution in [-0.2, 0) is 0 Å². The van der Waals surface area contributed by atoms with Crippen molar-refractivity contribution in [1.82, 2.24) is 20.0 Å². The van der Waals surface area contributed by atoms with Crippen LogP contribution >= 0.6 is 0 Å². The molecule has 4 rings (SSSR count). The molecule has 0 fully saturated rings. The van der Waals surface area contributed by atoms with E-state index in [1.165, 1.54) is 0 Å². The van der Waals surface area contributed by atoms with Gasteiger partial charge in [0.2, 0.25) is 11.7 Å². The van der Waals surface area contributed by atoms with Crippen LogP contribution in [-0.4, -0.2) is 60.3 Å². The average molecular weight is 499 g/mol. The lowest BCUT2D eigenvalue weighted by Crippen LogP contribution is -2.20. The Balaban J connectivity index is 1.48. The van der Waals surface area contributed by atoms with Gasteiger partial charge in [0.1, 0.15) is 24.2 Å². The number of hydrogen-bond donors (Lipinski definition) is 1. The minimum atomic E-state index is -0.339. The minimum absolute atomic E-state index is 0.339. The van der Waals surface area contributed by atoms with E-state index in [1.54, 1.807) is 50.6 Å². The maximum atomic E-state index is 12.9. The molecule has 0 aliphatic carbocycles. The molecule has 0 radical (unpaired) electrons. The van der Waals surface area contributed by atoms with E-state index < -0.39 is 0 Å². The fourth-order valence-corrected chi connectivity index (χ4v) is 3.50. The maximum absolute atomic E-state index is 12.9. The number of aryl methyl sites for hydroxylation is 1. The van der Waals surface area contributed by atoms with Crippen LogP contribution in [0.3, 0.4) is 0 Å². The van der Waals surface area contributed by atoms with Crippen LogP contribution in [0.25, 0.3) is 22.6 Å². The number of methoxy groups -OCH3 is 1. The van der Waals surface area contributed by atoms with Crippen molar-refractivity contribution in [3.63, 3.8) is 0 Å². The number of amides is 1. The molecule has 2 heterocycles. The summed E-state index contributed by atoms with van der Waals surface area (Å²) in [5, 5.41) is 16.1. The van der Waals surface area contributed by atoms with E-state index >= 15 is 0 Å². The maximum Gasteiger partial charge on any atom is 0.255 e. The summed E-state index contributed by atoms with van der Waals surface area (Å²) in [6.45, 7) is 2.81. The van der Waals surface area contributed by atoms with Crippen molar-refractivity contribution >= 4 is 11.6 Å². The molecule has 2 aromatic carbocycles. The number of nitriles is 1. The van der Waals surface area contributed by atoms with Crippen LogP contribution in [0.1, 0.15) is 21.8 Å². The van der Waals surface area contributed by atoms with Gasteiger partial charge in [-0.25, -0.2) is 0 Å². The Hall–Kier alpha value is -4.75. The molecular weight excluding hydrogens is 472 g/mol. The van der Waals surface area contributed by atoms with E-state index in [-0.39, 0.29) is 5.91 Å². The van der Waals surface area contributed by atoms with Gasteiger partial charge in [-0.05, 0) is 56.6 Å². The molecule has 0 spiro atoms. The van der Waals surface area contributed by atoms with Gasteiger partial charge in [0.15, 0.2) is 0 Å². The molecule has 37 heavy (non-hydrogen) atoms. The predicted octanol–water partition coefficient (Wildman–Crippen LogP) is 4.18. The third-order valence-electron chi connectivity index (χ3n) is 5.44. The van der Waals surface area contributed by atoms with Crippen LogP contribution in [0, 0.1) is 18.3 Å². The lowest BCUT2D eigenvalue weighted by molar-refractivity contribution is 0.102. The second-order valence-electron chi connectivity index (χ2n) is 8.41. The summed E-state index contributed by atoms with van der Waals surface area (Å²) in [6, 6.07) is 15.9. The molecule has 0 atom stereocenters. The smallest absolute Gasteiger partial charge is 0.255 e. The van der Waals surface area contributed by atoms with Crippen molar-refractivity contribution in [3.8, 4) is 40.2 Å². The monoisotopic (exact) mass is 498 g/mol. The van der Waals surface area contributed by atoms with E-state index in [2.05, 4.69) is 26.5 Å². The van der Waals surface area contributed by atoms with Crippen LogP contribution in [0.2, 0.25) is 0 Å². The van der Waals surface area contributed by atoms with E-state index in [1.807, 2.05) is 37.2 Å². The summed E-state index contributed by atoms with van der Waals surface area (Å²) < 4.78 is 16.3. The number of carbonyl (C=O) groups is 1. The fraction of sp³-hybridized carbons (Fsp3) is 0.222. The summed E-state index contributed by atoms with van der Waals surface area (Å²) in [6.07, 6.45) is 1.57. The number of nitrogens with one attached hydrogen (secondary N) is 1. The molecule has 0 aliphatic heterocycles. The molecule has 10 heteroatoms. The molecule has 0 bridgehead atoms. The van der Waals surface area contributed by atoms with Crippen molar-refractivity contribution < 1.29 is 18.8 Å². The second kappa shape index (κ2) is 11.3. The highest BCUT2D eigenvalue weighted by molar-refractivity contribution is 6.04. The molecule has 10 nitrogen and oxygen atoms in total. The van der Waals surface area contributed by atoms with Gasteiger partial charge in [0, 0.05) is 30.2 Å². The number of rotatable bonds is 9. The Kier molecular flexibility index (Phi) is 7.76. The van der Waals surface area contributed by atoms with Crippen LogP contribution < -0.4 is 14.8 Å². The van der Waals surface area contributed by atoms with Gasteiger partial charge in [0.05, 0.1) is 30.3 Å². The summed E-state index contributed by atoms with van der Waals surface area (Å²) in [4.78, 5) is 23.6. The van der Waals surface area contributed by atoms with Gasteiger partial charge >= 0.3 is 0 Å². The van der Waals surface area contributed by atoms with Gasteiger partial charge in [-0.2, -0.15) is 10.2 Å². The highest BCUT2D eigenvalue weighted by atomic mass is 16.5. The number of hydrogen-bond acceptors (Lipinski definition) is 9. The molecule has 188 valence electrons. The van der Waals surface area contributed by atoms with Crippen molar-refractivity contribution in [3.05, 3.63) is 71.7 Å². The predicted molar refractivity (Wildman–Crippen MR) is 137 cm³/mol. The normalized spacial score (nSPS) is 10.7. The molecule has 2 aromatic heterocycles. The first-order chi connectivity index (χ1) is 17.9. The fourth-order valence-electron chi connectivity index (χ4n) is 3.50. The first-order valence-corrected chi connectivity index (χ1v) is 11.5. The number of anilines is 1. The van der Waals surface area contributed by atoms with Gasteiger partial charge in [-0.1, -0.05) is 11.2 Å². The SMILES string of the molecule is COc1cc(-c2noc(C)n2)ccc1-c1ccc(NC(=O)c2ccc(C#N)c(OCCN(C)C)c2)cn1. The molecule has 1 amide bonds. The third-order valence-corrected chi connectivity index (χ3v) is 5.44. The first kappa shape index (κ1) is 25.3. The summed E-state index contributed by atoms with van der Waals surface area (Å²) >= 11 is 0. The van der Waals surface area contributed by atoms with Crippen molar-refractivity contribution in [2.75, 3.05) is 39.7 Å². The highest BCUT2D eigenvalue weighted by Crippen LogP contribution is 2.33. The zero-order chi connectivity index (χ0) is 26.4. The van der Waals surface area contributed by atoms with E-state index in [9.17, 15) is 10.1 Å². The number of nitrogens with zero attached hydrogens (tertiary/aromatic N) is 5. The second-order valence-corrected chi connectivity index (χ2v) is 8.41. The molecular formula is C27H26N6O4. The van der Waals surface area contributed by atoms with Gasteiger partial charge in [0.25, 0.3) is 5.91 Å². The standard InChI is InChI=1S/C27H26N6O4/c1-17-30-26(32-37-17)18-7-9-22(25(13-18)35-4)23-10-8-21(16-29-23)31-27(34)19-5-6-20(15-28)24(14-19)36-12-11-33(2)3/h5-10,13-14,16H,11-12H2,1-4H3,(H,31,34). The van der Waals surface area contributed by atoms with Crippen molar-refractivity contribution in [2.45, 2.75) is 6.92 Å². The number of ether oxygens (including phenoxy) is 2. The van der Waals surface area contributed by atoms with Crippen LogP contribution in [0.4, 0.5) is 5.69 Å². The Labute approximate surface area is 214 Å². The number of likely N-dealkylation sites (N-methyl/N-ethyl adjacent to an activating group) is 1. The van der Waals surface area contributed by atoms with E-state index in [0.717, 1.165) is 11.1 Å². The van der Waals surface area contributed by atoms with Crippen LogP contribution in [0.15, 0.2) is 59.3 Å². The number of aromatic nitrogens is 3. The summed E-state index contributed by atoms with van der Waals surface area (Å²) in [5.74, 6) is 1.59.